The average molecular weight is 486 g/mol. The van der Waals surface area contributed by atoms with E-state index in [9.17, 15) is 0 Å². The molecule has 2 aromatic rings. The molecule has 1 unspecified atom stereocenters. The van der Waals surface area contributed by atoms with E-state index in [0.717, 1.165) is 30.4 Å². The molecule has 120 valence electrons. The van der Waals surface area contributed by atoms with Crippen LogP contribution in [0.4, 0.5) is 5.69 Å². The van der Waals surface area contributed by atoms with Gasteiger partial charge in [-0.3, -0.25) is 0 Å². The van der Waals surface area contributed by atoms with E-state index < -0.39 is 5.54 Å². The first-order valence-electron chi connectivity index (χ1n) is 7.19. The second-order valence-corrected chi connectivity index (χ2v) is 7.52. The maximum Gasteiger partial charge on any atom is 0.283 e. The first kappa shape index (κ1) is 16.6. The fourth-order valence-electron chi connectivity index (χ4n) is 2.85. The third-order valence-corrected chi connectivity index (χ3v) is 6.44. The van der Waals surface area contributed by atoms with Crippen molar-refractivity contribution in [2.24, 2.45) is 10.7 Å². The summed E-state index contributed by atoms with van der Waals surface area (Å²) >= 11 is 5.90. The number of hydrogen-bond acceptors (Lipinski definition) is 4. The zero-order valence-electron chi connectivity index (χ0n) is 12.9. The van der Waals surface area contributed by atoms with Gasteiger partial charge >= 0.3 is 0 Å². The van der Waals surface area contributed by atoms with E-state index in [0.29, 0.717) is 6.61 Å². The normalized spacial score (nSPS) is 20.1. The van der Waals surface area contributed by atoms with Crippen molar-refractivity contribution in [1.82, 2.24) is 0 Å². The summed E-state index contributed by atoms with van der Waals surface area (Å²) in [5.41, 5.74) is 9.64. The van der Waals surface area contributed by atoms with E-state index in [1.165, 1.54) is 0 Å². The van der Waals surface area contributed by atoms with E-state index >= 15 is 0 Å². The Morgan fingerprint density at radius 1 is 1.26 bits per heavy atom. The molecule has 0 amide bonds. The molecule has 1 aliphatic heterocycles. The number of aryl methyl sites for hydroxylation is 1. The van der Waals surface area contributed by atoms with Crippen LogP contribution in [0.15, 0.2) is 45.9 Å². The van der Waals surface area contributed by atoms with Gasteiger partial charge in [0, 0.05) is 20.8 Å². The number of nitrogens with one attached hydrogen (secondary N) is 1. The molecule has 0 radical (unpaired) electrons. The Morgan fingerprint density at radius 3 is 2.52 bits per heavy atom. The number of aliphatic imine (C=N–C) groups is 1. The van der Waals surface area contributed by atoms with E-state index in [2.05, 4.69) is 92.2 Å². The molecule has 1 aliphatic rings. The van der Waals surface area contributed by atoms with E-state index in [-0.39, 0.29) is 6.02 Å². The second kappa shape index (κ2) is 6.32. The summed E-state index contributed by atoms with van der Waals surface area (Å²) < 4.78 is 7.73. The van der Waals surface area contributed by atoms with Gasteiger partial charge < -0.3 is 15.8 Å². The molecule has 1 atom stereocenters. The van der Waals surface area contributed by atoms with Crippen molar-refractivity contribution in [3.63, 3.8) is 0 Å². The van der Waals surface area contributed by atoms with Gasteiger partial charge in [-0.05, 0) is 80.3 Å². The third-order valence-electron chi connectivity index (χ3n) is 4.10. The average Bonchev–Trinajstić information content (AvgIpc) is 2.93. The molecule has 23 heavy (non-hydrogen) atoms. The Balaban J connectivity index is 2.18. The lowest BCUT2D eigenvalue weighted by Gasteiger charge is -2.26. The molecule has 0 saturated carbocycles. The maximum atomic E-state index is 5.85. The van der Waals surface area contributed by atoms with E-state index in [1.807, 2.05) is 7.05 Å². The van der Waals surface area contributed by atoms with Crippen molar-refractivity contribution in [3.05, 3.63) is 61.1 Å². The van der Waals surface area contributed by atoms with Gasteiger partial charge in [-0.15, -0.1) is 0 Å². The highest BCUT2D eigenvalue weighted by Gasteiger charge is 2.40. The predicted molar refractivity (Wildman–Crippen MR) is 106 cm³/mol. The van der Waals surface area contributed by atoms with Crippen LogP contribution < -0.4 is 11.1 Å². The van der Waals surface area contributed by atoms with Gasteiger partial charge in [-0.25, -0.2) is 4.99 Å². The van der Waals surface area contributed by atoms with Gasteiger partial charge in [0.05, 0.1) is 0 Å². The first-order valence-corrected chi connectivity index (χ1v) is 9.06. The smallest absolute Gasteiger partial charge is 0.283 e. The van der Waals surface area contributed by atoms with Crippen LogP contribution >= 0.6 is 38.5 Å². The molecule has 0 fully saturated rings. The molecule has 3 N–H and O–H groups in total. The minimum atomic E-state index is -0.603. The van der Waals surface area contributed by atoms with Crippen LogP contribution in [0.2, 0.25) is 0 Å². The fourth-order valence-corrected chi connectivity index (χ4v) is 3.56. The lowest BCUT2D eigenvalue weighted by Crippen LogP contribution is -2.27. The Labute approximate surface area is 157 Å². The predicted octanol–water partition coefficient (Wildman–Crippen LogP) is 3.99. The van der Waals surface area contributed by atoms with Gasteiger partial charge in [0.1, 0.15) is 6.61 Å². The summed E-state index contributed by atoms with van der Waals surface area (Å²) in [5.74, 6) is 0. The molecule has 0 spiro atoms. The number of anilines is 1. The Bertz CT molecular complexity index is 793. The lowest BCUT2D eigenvalue weighted by atomic mass is 9.83. The number of halogens is 2. The zero-order valence-corrected chi connectivity index (χ0v) is 16.6. The number of rotatable bonds is 3. The molecule has 4 nitrogen and oxygen atoms in total. The lowest BCUT2D eigenvalue weighted by molar-refractivity contribution is 0.278. The highest BCUT2D eigenvalue weighted by atomic mass is 127. The quantitative estimate of drug-likeness (QED) is 0.646. The molecule has 6 heteroatoms. The Hall–Kier alpha value is -1.28. The summed E-state index contributed by atoms with van der Waals surface area (Å²) in [7, 11) is 1.92. The molecule has 0 saturated heterocycles. The van der Waals surface area contributed by atoms with Crippen molar-refractivity contribution in [2.75, 3.05) is 19.0 Å². The number of ether oxygens (including phenoxy) is 1. The van der Waals surface area contributed by atoms with Crippen LogP contribution in [0.1, 0.15) is 16.7 Å². The monoisotopic (exact) mass is 485 g/mol. The summed E-state index contributed by atoms with van der Waals surface area (Å²) in [5, 5.41) is 3.19. The van der Waals surface area contributed by atoms with Crippen LogP contribution in [-0.2, 0) is 10.3 Å². The standard InChI is InChI=1S/C17H17BrIN3O/c1-10-7-11(4-6-15(10)21-2)17(9-23-16(20)22-17)12-3-5-14(19)13(18)8-12/h3-8,21H,9H2,1-2H3,(H2,20,22). The SMILES string of the molecule is CNc1ccc(C2(c3ccc(I)c(Br)c3)COC(N)=N2)cc1C. The van der Waals surface area contributed by atoms with E-state index in [1.54, 1.807) is 0 Å². The number of nitrogens with zero attached hydrogens (tertiary/aromatic N) is 1. The summed E-state index contributed by atoms with van der Waals surface area (Å²) in [6, 6.07) is 12.8. The van der Waals surface area contributed by atoms with Gasteiger partial charge in [-0.2, -0.15) is 0 Å². The minimum absolute atomic E-state index is 0.231. The minimum Gasteiger partial charge on any atom is -0.462 e. The van der Waals surface area contributed by atoms with Crippen molar-refractivity contribution in [3.8, 4) is 0 Å². The largest absolute Gasteiger partial charge is 0.462 e. The Kier molecular flexibility index (Phi) is 4.55. The highest BCUT2D eigenvalue weighted by molar-refractivity contribution is 14.1. The molecule has 1 heterocycles. The number of nitrogens with two attached hydrogens (primary N) is 1. The molecule has 0 aliphatic carbocycles. The van der Waals surface area contributed by atoms with E-state index in [4.69, 9.17) is 10.5 Å². The molecule has 0 bridgehead atoms. The Morgan fingerprint density at radius 2 is 1.96 bits per heavy atom. The highest BCUT2D eigenvalue weighted by Crippen LogP contribution is 2.40. The summed E-state index contributed by atoms with van der Waals surface area (Å²) in [6.45, 7) is 2.49. The zero-order chi connectivity index (χ0) is 16.6. The van der Waals surface area contributed by atoms with Crippen LogP contribution in [0.25, 0.3) is 0 Å². The molecule has 0 aromatic heterocycles. The maximum absolute atomic E-state index is 5.85. The first-order chi connectivity index (χ1) is 11.0. The van der Waals surface area contributed by atoms with Crippen LogP contribution in [0.3, 0.4) is 0 Å². The van der Waals surface area contributed by atoms with Crippen molar-refractivity contribution >= 4 is 50.2 Å². The molecular weight excluding hydrogens is 469 g/mol. The molecule has 3 rings (SSSR count). The molecule has 2 aromatic carbocycles. The van der Waals surface area contributed by atoms with Gasteiger partial charge in [0.25, 0.3) is 6.02 Å². The van der Waals surface area contributed by atoms with Gasteiger partial charge in [0.15, 0.2) is 5.54 Å². The number of amidine groups is 1. The van der Waals surface area contributed by atoms with Gasteiger partial charge in [0.2, 0.25) is 0 Å². The van der Waals surface area contributed by atoms with Crippen LogP contribution in [0.5, 0.6) is 0 Å². The van der Waals surface area contributed by atoms with Crippen molar-refractivity contribution in [1.29, 1.82) is 0 Å². The van der Waals surface area contributed by atoms with Gasteiger partial charge in [-0.1, -0.05) is 18.2 Å². The number of benzene rings is 2. The van der Waals surface area contributed by atoms with Crippen LogP contribution in [-0.4, -0.2) is 19.7 Å². The van der Waals surface area contributed by atoms with Crippen molar-refractivity contribution in [2.45, 2.75) is 12.5 Å². The number of hydrogen-bond donors (Lipinski definition) is 2. The second-order valence-electron chi connectivity index (χ2n) is 5.51. The topological polar surface area (TPSA) is 59.6 Å². The summed E-state index contributed by atoms with van der Waals surface area (Å²) in [4.78, 5) is 4.66. The van der Waals surface area contributed by atoms with Crippen molar-refractivity contribution < 1.29 is 4.74 Å². The molecular formula is C17H17BrIN3O. The third kappa shape index (κ3) is 2.94. The van der Waals surface area contributed by atoms with Crippen LogP contribution in [0, 0.1) is 10.5 Å². The fraction of sp³-hybridized carbons (Fsp3) is 0.235. The summed E-state index contributed by atoms with van der Waals surface area (Å²) in [6.07, 6.45) is 0.